The van der Waals surface area contributed by atoms with E-state index in [2.05, 4.69) is 27.2 Å². The minimum absolute atomic E-state index is 0.150. The summed E-state index contributed by atoms with van der Waals surface area (Å²) in [4.78, 5) is 51.9. The molecule has 5 heterocycles. The number of aromatic nitrogens is 2. The summed E-state index contributed by atoms with van der Waals surface area (Å²) in [5.41, 5.74) is 1.89. The molecule has 40 heavy (non-hydrogen) atoms. The molecule has 0 bridgehead atoms. The van der Waals surface area contributed by atoms with Crippen molar-refractivity contribution in [3.05, 3.63) is 84.0 Å². The fraction of sp³-hybridized carbons (Fsp3) is 0.207. The number of carbonyl (C=O) groups is 3. The first-order valence-corrected chi connectivity index (χ1v) is 13.7. The standard InChI is InChI=1S/C29H26N6O4S/c1-2-23(36)34-14-6-7-19(16-34)32-27(37)26-25-24-21(12-13-30-28(24)40-26)35(29(38)33-25)22-11-10-18(15-31-22)17-39-20-8-4-3-5-9-20/h2-5,8-13,15,19H,1,6-7,14,16-17H2,(H,32,37)(H,33,38)/t19-/m1/s1. The highest BCUT2D eigenvalue weighted by Crippen LogP contribution is 2.45. The van der Waals surface area contributed by atoms with E-state index in [1.54, 1.807) is 29.4 Å². The van der Waals surface area contributed by atoms with Crippen LogP contribution in [0.15, 0.2) is 73.6 Å². The van der Waals surface area contributed by atoms with E-state index in [1.165, 1.54) is 22.3 Å². The third-order valence-electron chi connectivity index (χ3n) is 6.88. The Labute approximate surface area is 234 Å². The Hall–Kier alpha value is -4.77. The lowest BCUT2D eigenvalue weighted by Crippen LogP contribution is -2.49. The first-order valence-electron chi connectivity index (χ1n) is 12.9. The van der Waals surface area contributed by atoms with Crippen LogP contribution in [0.4, 0.5) is 22.0 Å². The molecule has 11 heteroatoms. The molecule has 10 nitrogen and oxygen atoms in total. The van der Waals surface area contributed by atoms with Crippen LogP contribution in [0.25, 0.3) is 10.2 Å². The van der Waals surface area contributed by atoms with Crippen molar-refractivity contribution in [3.8, 4) is 5.75 Å². The van der Waals surface area contributed by atoms with Crippen molar-refractivity contribution in [1.29, 1.82) is 0 Å². The Bertz CT molecular complexity index is 1600. The highest BCUT2D eigenvalue weighted by atomic mass is 32.1. The second-order valence-electron chi connectivity index (χ2n) is 9.51. The quantitative estimate of drug-likeness (QED) is 0.315. The number of benzene rings is 1. The summed E-state index contributed by atoms with van der Waals surface area (Å²) in [6.45, 7) is 4.95. The summed E-state index contributed by atoms with van der Waals surface area (Å²) in [6, 6.07) is 14.3. The van der Waals surface area contributed by atoms with Crippen molar-refractivity contribution in [3.63, 3.8) is 0 Å². The van der Waals surface area contributed by atoms with Crippen LogP contribution in [0.2, 0.25) is 0 Å². The van der Waals surface area contributed by atoms with E-state index in [9.17, 15) is 14.4 Å². The number of urea groups is 1. The van der Waals surface area contributed by atoms with Gasteiger partial charge in [-0.2, -0.15) is 0 Å². The molecule has 2 aliphatic heterocycles. The molecule has 0 unspecified atom stereocenters. The summed E-state index contributed by atoms with van der Waals surface area (Å²) in [6.07, 6.45) is 6.12. The number of pyridine rings is 2. The van der Waals surface area contributed by atoms with E-state index < -0.39 is 6.03 Å². The molecule has 1 fully saturated rings. The summed E-state index contributed by atoms with van der Waals surface area (Å²) in [7, 11) is 0. The van der Waals surface area contributed by atoms with Crippen LogP contribution < -0.4 is 20.3 Å². The maximum Gasteiger partial charge on any atom is 0.332 e. The van der Waals surface area contributed by atoms with Crippen molar-refractivity contribution in [2.45, 2.75) is 25.5 Å². The third kappa shape index (κ3) is 4.87. The van der Waals surface area contributed by atoms with E-state index in [1.807, 2.05) is 36.4 Å². The molecule has 3 aromatic heterocycles. The van der Waals surface area contributed by atoms with Gasteiger partial charge in [-0.3, -0.25) is 9.59 Å². The lowest BCUT2D eigenvalue weighted by atomic mass is 10.1. The molecule has 4 amide bonds. The van der Waals surface area contributed by atoms with Crippen molar-refractivity contribution in [2.24, 2.45) is 0 Å². The molecule has 2 aliphatic rings. The van der Waals surface area contributed by atoms with Crippen molar-refractivity contribution < 1.29 is 19.1 Å². The molecule has 0 spiro atoms. The maximum absolute atomic E-state index is 13.4. The van der Waals surface area contributed by atoms with Gasteiger partial charge in [0.15, 0.2) is 0 Å². The van der Waals surface area contributed by atoms with E-state index >= 15 is 0 Å². The summed E-state index contributed by atoms with van der Waals surface area (Å²) in [5.74, 6) is 0.738. The molecule has 0 saturated carbocycles. The fourth-order valence-electron chi connectivity index (χ4n) is 4.96. The average Bonchev–Trinajstić information content (AvgIpc) is 3.36. The van der Waals surface area contributed by atoms with Gasteiger partial charge in [0.05, 0.1) is 16.8 Å². The highest BCUT2D eigenvalue weighted by molar-refractivity contribution is 7.21. The number of anilines is 3. The number of para-hydroxylation sites is 1. The molecule has 4 aromatic rings. The van der Waals surface area contributed by atoms with Crippen LogP contribution in [0.5, 0.6) is 5.75 Å². The second kappa shape index (κ2) is 10.8. The number of piperidine rings is 1. The van der Waals surface area contributed by atoms with E-state index in [0.717, 1.165) is 24.2 Å². The van der Waals surface area contributed by atoms with Gasteiger partial charge in [-0.15, -0.1) is 11.3 Å². The SMILES string of the molecule is C=CC(=O)N1CCC[C@@H](NC(=O)c2sc3nccc4c3c2NC(=O)N4c2ccc(COc3ccccc3)cn2)C1. The van der Waals surface area contributed by atoms with Crippen molar-refractivity contribution >= 4 is 56.6 Å². The largest absolute Gasteiger partial charge is 0.489 e. The first kappa shape index (κ1) is 25.5. The minimum atomic E-state index is -0.423. The molecule has 1 atom stereocenters. The van der Waals surface area contributed by atoms with Crippen molar-refractivity contribution in [1.82, 2.24) is 20.2 Å². The van der Waals surface area contributed by atoms with Gasteiger partial charge in [0.25, 0.3) is 5.91 Å². The summed E-state index contributed by atoms with van der Waals surface area (Å²) in [5, 5.41) is 6.61. The lowest BCUT2D eigenvalue weighted by Gasteiger charge is -2.32. The van der Waals surface area contributed by atoms with Crippen molar-refractivity contribution in [2.75, 3.05) is 23.3 Å². The topological polar surface area (TPSA) is 117 Å². The Morgan fingerprint density at radius 2 is 2.02 bits per heavy atom. The molecule has 6 rings (SSSR count). The number of nitrogens with zero attached hydrogens (tertiary/aromatic N) is 4. The average molecular weight is 555 g/mol. The summed E-state index contributed by atoms with van der Waals surface area (Å²) < 4.78 is 5.79. The number of likely N-dealkylation sites (tertiary alicyclic amines) is 1. The van der Waals surface area contributed by atoms with Gasteiger partial charge < -0.3 is 20.3 Å². The third-order valence-corrected chi connectivity index (χ3v) is 7.98. The molecule has 202 valence electrons. The zero-order valence-electron chi connectivity index (χ0n) is 21.5. The van der Waals surface area contributed by atoms with E-state index in [0.29, 0.717) is 52.0 Å². The van der Waals surface area contributed by atoms with E-state index in [-0.39, 0.29) is 17.9 Å². The molecular weight excluding hydrogens is 528 g/mol. The predicted molar refractivity (Wildman–Crippen MR) is 153 cm³/mol. The zero-order valence-corrected chi connectivity index (χ0v) is 22.3. The number of amides is 4. The van der Waals surface area contributed by atoms with Gasteiger partial charge >= 0.3 is 6.03 Å². The van der Waals surface area contributed by atoms with Gasteiger partial charge in [-0.25, -0.2) is 19.7 Å². The van der Waals surface area contributed by atoms with Crippen LogP contribution in [0.3, 0.4) is 0 Å². The Balaban J connectivity index is 1.23. The Morgan fingerprint density at radius 3 is 2.80 bits per heavy atom. The minimum Gasteiger partial charge on any atom is -0.489 e. The van der Waals surface area contributed by atoms with Crippen LogP contribution in [-0.2, 0) is 11.4 Å². The highest BCUT2D eigenvalue weighted by Gasteiger charge is 2.34. The number of hydrogen-bond donors (Lipinski definition) is 2. The maximum atomic E-state index is 13.4. The smallest absolute Gasteiger partial charge is 0.332 e. The number of hydrogen-bond acceptors (Lipinski definition) is 7. The van der Waals surface area contributed by atoms with Crippen LogP contribution in [0, 0.1) is 0 Å². The van der Waals surface area contributed by atoms with Crippen LogP contribution in [0.1, 0.15) is 28.1 Å². The van der Waals surface area contributed by atoms with E-state index in [4.69, 9.17) is 4.74 Å². The van der Waals surface area contributed by atoms with Crippen LogP contribution >= 0.6 is 11.3 Å². The van der Waals surface area contributed by atoms with Gasteiger partial charge in [-0.1, -0.05) is 30.8 Å². The van der Waals surface area contributed by atoms with Gasteiger partial charge in [-0.05, 0) is 43.2 Å². The second-order valence-corrected chi connectivity index (χ2v) is 10.5. The fourth-order valence-corrected chi connectivity index (χ4v) is 5.99. The Kier molecular flexibility index (Phi) is 6.87. The molecule has 1 saturated heterocycles. The molecule has 1 aromatic carbocycles. The number of thiophene rings is 1. The number of ether oxygens (including phenoxy) is 1. The lowest BCUT2D eigenvalue weighted by molar-refractivity contribution is -0.127. The Morgan fingerprint density at radius 1 is 1.18 bits per heavy atom. The summed E-state index contributed by atoms with van der Waals surface area (Å²) >= 11 is 1.22. The van der Waals surface area contributed by atoms with Gasteiger partial charge in [0, 0.05) is 37.1 Å². The number of rotatable bonds is 7. The number of nitrogens with one attached hydrogen (secondary N) is 2. The van der Waals surface area contributed by atoms with Gasteiger partial charge in [0.1, 0.15) is 27.9 Å². The molecular formula is C29H26N6O4S. The monoisotopic (exact) mass is 554 g/mol. The molecule has 2 N–H and O–H groups in total. The molecule has 0 radical (unpaired) electrons. The first-order chi connectivity index (χ1) is 19.5. The zero-order chi connectivity index (χ0) is 27.6. The van der Waals surface area contributed by atoms with Gasteiger partial charge in [0.2, 0.25) is 5.91 Å². The normalized spacial score (nSPS) is 16.4. The van der Waals surface area contributed by atoms with Crippen LogP contribution in [-0.4, -0.2) is 51.8 Å². The number of carbonyl (C=O) groups excluding carboxylic acids is 3. The molecule has 0 aliphatic carbocycles. The predicted octanol–water partition coefficient (Wildman–Crippen LogP) is 4.86.